The standard InChI is InChI=1S/C9H7N.Cl2O2S/c1-2-6-9-8(4-1)5-3-7-10-9;1-5(2,3)4/h1-7H;. The van der Waals surface area contributed by atoms with Gasteiger partial charge in [0.2, 0.25) is 0 Å². The van der Waals surface area contributed by atoms with Crippen molar-refractivity contribution in [3.05, 3.63) is 42.6 Å². The fourth-order valence-electron chi connectivity index (χ4n) is 1.02. The minimum Gasteiger partial charge on any atom is -0.256 e. The Morgan fingerprint density at radius 3 is 2.13 bits per heavy atom. The summed E-state index contributed by atoms with van der Waals surface area (Å²) < 4.78 is 18.3. The van der Waals surface area contributed by atoms with E-state index in [4.69, 9.17) is 8.42 Å². The minimum atomic E-state index is -3.72. The smallest absolute Gasteiger partial charge is 0.256 e. The first-order chi connectivity index (χ1) is 6.97. The van der Waals surface area contributed by atoms with Gasteiger partial charge in [-0.3, -0.25) is 4.98 Å². The van der Waals surface area contributed by atoms with Gasteiger partial charge in [0.15, 0.2) is 0 Å². The predicted octanol–water partition coefficient (Wildman–Crippen LogP) is 2.94. The molecule has 3 nitrogen and oxygen atoms in total. The molecule has 1 heterocycles. The lowest BCUT2D eigenvalue weighted by Gasteiger charge is -1.91. The second-order valence-electron chi connectivity index (χ2n) is 2.57. The molecule has 15 heavy (non-hydrogen) atoms. The molecule has 2 rings (SSSR count). The van der Waals surface area contributed by atoms with E-state index >= 15 is 0 Å². The van der Waals surface area contributed by atoms with Crippen LogP contribution in [0.2, 0.25) is 0 Å². The summed E-state index contributed by atoms with van der Waals surface area (Å²) in [4.78, 5) is 4.18. The molecule has 0 amide bonds. The molecule has 0 N–H and O–H groups in total. The van der Waals surface area contributed by atoms with Crippen LogP contribution in [0.1, 0.15) is 0 Å². The van der Waals surface area contributed by atoms with Crippen LogP contribution in [0.15, 0.2) is 42.6 Å². The highest BCUT2D eigenvalue weighted by atomic mass is 36.0. The highest BCUT2D eigenvalue weighted by molar-refractivity contribution is 8.31. The number of pyridine rings is 1. The molecule has 0 radical (unpaired) electrons. The van der Waals surface area contributed by atoms with E-state index in [1.54, 1.807) is 0 Å². The van der Waals surface area contributed by atoms with E-state index in [-0.39, 0.29) is 0 Å². The Labute approximate surface area is 96.6 Å². The summed E-state index contributed by atoms with van der Waals surface area (Å²) in [5.41, 5.74) is 1.06. The molecule has 0 unspecified atom stereocenters. The molecule has 0 saturated heterocycles. The molecular formula is C9H7Cl2NO2S. The van der Waals surface area contributed by atoms with Gasteiger partial charge in [-0.15, -0.1) is 0 Å². The SMILES string of the molecule is O=S(=O)(Cl)Cl.c1ccc2ncccc2c1. The fraction of sp³-hybridized carbons (Fsp3) is 0. The zero-order valence-corrected chi connectivity index (χ0v) is 9.80. The molecule has 2 aromatic rings. The second kappa shape index (κ2) is 5.30. The van der Waals surface area contributed by atoms with Gasteiger partial charge in [-0.2, -0.15) is 8.42 Å². The summed E-state index contributed by atoms with van der Waals surface area (Å²) >= 11 is 0. The van der Waals surface area contributed by atoms with Crippen LogP contribution in [0, 0.1) is 0 Å². The van der Waals surface area contributed by atoms with Crippen LogP contribution in [0.4, 0.5) is 0 Å². The van der Waals surface area contributed by atoms with Gasteiger partial charge in [0, 0.05) is 32.9 Å². The van der Waals surface area contributed by atoms with Gasteiger partial charge < -0.3 is 0 Å². The van der Waals surface area contributed by atoms with Crippen molar-refractivity contribution in [2.24, 2.45) is 0 Å². The Hall–Kier alpha value is -0.840. The van der Waals surface area contributed by atoms with Crippen molar-refractivity contribution >= 4 is 40.5 Å². The van der Waals surface area contributed by atoms with Gasteiger partial charge in [-0.1, -0.05) is 24.3 Å². The number of halogens is 2. The molecule has 80 valence electrons. The number of benzene rings is 1. The fourth-order valence-corrected chi connectivity index (χ4v) is 1.02. The van der Waals surface area contributed by atoms with Crippen LogP contribution >= 0.6 is 21.4 Å². The molecule has 1 aromatic carbocycles. The molecule has 0 atom stereocenters. The normalized spacial score (nSPS) is 10.5. The predicted molar refractivity (Wildman–Crippen MR) is 62.4 cm³/mol. The van der Waals surface area contributed by atoms with Crippen LogP contribution in [0.5, 0.6) is 0 Å². The first kappa shape index (κ1) is 12.2. The number of aromatic nitrogens is 1. The van der Waals surface area contributed by atoms with Crippen molar-refractivity contribution in [1.29, 1.82) is 0 Å². The lowest BCUT2D eigenvalue weighted by atomic mass is 10.2. The zero-order valence-electron chi connectivity index (χ0n) is 7.47. The summed E-state index contributed by atoms with van der Waals surface area (Å²) in [5.74, 6) is 0. The Morgan fingerprint density at radius 1 is 1.00 bits per heavy atom. The molecule has 6 heteroatoms. The third-order valence-electron chi connectivity index (χ3n) is 1.51. The van der Waals surface area contributed by atoms with Crippen molar-refractivity contribution in [3.8, 4) is 0 Å². The van der Waals surface area contributed by atoms with Gasteiger partial charge in [0.05, 0.1) is 5.52 Å². The Balaban J connectivity index is 0.000000195. The van der Waals surface area contributed by atoms with E-state index in [0.29, 0.717) is 0 Å². The second-order valence-corrected chi connectivity index (χ2v) is 6.24. The molecule has 1 aromatic heterocycles. The quantitative estimate of drug-likeness (QED) is 0.687. The molecule has 0 aliphatic heterocycles. The third-order valence-corrected chi connectivity index (χ3v) is 1.51. The number of fused-ring (bicyclic) bond motifs is 1. The van der Waals surface area contributed by atoms with Crippen molar-refractivity contribution < 1.29 is 8.42 Å². The molecule has 0 aliphatic carbocycles. The van der Waals surface area contributed by atoms with E-state index in [0.717, 1.165) is 5.52 Å². The van der Waals surface area contributed by atoms with Crippen molar-refractivity contribution in [2.75, 3.05) is 0 Å². The number of rotatable bonds is 0. The van der Waals surface area contributed by atoms with Gasteiger partial charge in [0.1, 0.15) is 0 Å². The number of hydrogen-bond acceptors (Lipinski definition) is 3. The maximum Gasteiger partial charge on any atom is 0.317 e. The largest absolute Gasteiger partial charge is 0.317 e. The van der Waals surface area contributed by atoms with Crippen LogP contribution in [-0.4, -0.2) is 13.4 Å². The molecular weight excluding hydrogens is 257 g/mol. The Morgan fingerprint density at radius 2 is 1.53 bits per heavy atom. The van der Waals surface area contributed by atoms with Crippen molar-refractivity contribution in [2.45, 2.75) is 0 Å². The highest BCUT2D eigenvalue weighted by Gasteiger charge is 1.88. The molecule has 0 aliphatic rings. The third kappa shape index (κ3) is 5.57. The molecule has 0 saturated carbocycles. The van der Waals surface area contributed by atoms with Crippen molar-refractivity contribution in [1.82, 2.24) is 4.98 Å². The lowest BCUT2D eigenvalue weighted by Crippen LogP contribution is -1.73. The monoisotopic (exact) mass is 263 g/mol. The van der Waals surface area contributed by atoms with Gasteiger partial charge in [-0.05, 0) is 12.1 Å². The zero-order chi connectivity index (χ0) is 11.3. The summed E-state index contributed by atoms with van der Waals surface area (Å²) in [7, 11) is 4.81. The first-order valence-corrected chi connectivity index (χ1v) is 7.04. The minimum absolute atomic E-state index is 1.06. The van der Waals surface area contributed by atoms with E-state index < -0.39 is 8.26 Å². The Kier molecular flexibility index (Phi) is 4.32. The number of para-hydroxylation sites is 1. The summed E-state index contributed by atoms with van der Waals surface area (Å²) in [5, 5.41) is 1.20. The van der Waals surface area contributed by atoms with Crippen LogP contribution in [0.3, 0.4) is 0 Å². The topological polar surface area (TPSA) is 47.0 Å². The summed E-state index contributed by atoms with van der Waals surface area (Å²) in [6.07, 6.45) is 1.81. The maximum absolute atomic E-state index is 9.16. The molecule has 0 spiro atoms. The summed E-state index contributed by atoms with van der Waals surface area (Å²) in [6.45, 7) is 0. The van der Waals surface area contributed by atoms with Gasteiger partial charge in [0.25, 0.3) is 0 Å². The first-order valence-electron chi connectivity index (χ1n) is 3.91. The van der Waals surface area contributed by atoms with Crippen LogP contribution in [-0.2, 0) is 8.26 Å². The van der Waals surface area contributed by atoms with Crippen molar-refractivity contribution in [3.63, 3.8) is 0 Å². The highest BCUT2D eigenvalue weighted by Crippen LogP contribution is 2.07. The summed E-state index contributed by atoms with van der Waals surface area (Å²) in [6, 6.07) is 12.1. The maximum atomic E-state index is 9.16. The molecule has 0 fully saturated rings. The lowest BCUT2D eigenvalue weighted by molar-refractivity contribution is 0.621. The van der Waals surface area contributed by atoms with Gasteiger partial charge >= 0.3 is 8.26 Å². The molecule has 0 bridgehead atoms. The average molecular weight is 264 g/mol. The van der Waals surface area contributed by atoms with E-state index in [1.165, 1.54) is 5.39 Å². The van der Waals surface area contributed by atoms with Gasteiger partial charge in [-0.25, -0.2) is 0 Å². The Bertz CT molecular complexity index is 469. The van der Waals surface area contributed by atoms with E-state index in [1.807, 2.05) is 30.5 Å². The average Bonchev–Trinajstić information content (AvgIpc) is 2.16. The number of nitrogens with zero attached hydrogens (tertiary/aromatic N) is 1. The van der Waals surface area contributed by atoms with Crippen LogP contribution < -0.4 is 0 Å². The van der Waals surface area contributed by atoms with Crippen LogP contribution in [0.25, 0.3) is 10.9 Å². The van der Waals surface area contributed by atoms with E-state index in [9.17, 15) is 0 Å². The number of hydrogen-bond donors (Lipinski definition) is 0. The van der Waals surface area contributed by atoms with E-state index in [2.05, 4.69) is 38.5 Å².